The third kappa shape index (κ3) is 2.25. The second-order valence-corrected chi connectivity index (χ2v) is 5.71. The van der Waals surface area contributed by atoms with Crippen molar-refractivity contribution in [3.8, 4) is 5.75 Å². The summed E-state index contributed by atoms with van der Waals surface area (Å²) in [5.74, 6) is 0.630. The molecule has 0 atom stereocenters. The Morgan fingerprint density at radius 3 is 2.57 bits per heavy atom. The Balaban J connectivity index is 2.09. The summed E-state index contributed by atoms with van der Waals surface area (Å²) >= 11 is 1.33. The van der Waals surface area contributed by atoms with Crippen LogP contribution in [0.15, 0.2) is 36.5 Å². The van der Waals surface area contributed by atoms with Crippen LogP contribution in [0.1, 0.15) is 20.8 Å². The molecule has 21 heavy (non-hydrogen) atoms. The number of nitrogens with two attached hydrogens (primary N) is 1. The van der Waals surface area contributed by atoms with Gasteiger partial charge in [-0.25, -0.2) is 4.98 Å². The van der Waals surface area contributed by atoms with Gasteiger partial charge in [0, 0.05) is 17.1 Å². The third-order valence-electron chi connectivity index (χ3n) is 3.40. The first-order valence-corrected chi connectivity index (χ1v) is 7.26. The second kappa shape index (κ2) is 5.18. The van der Waals surface area contributed by atoms with Crippen LogP contribution in [0.2, 0.25) is 0 Å². The van der Waals surface area contributed by atoms with Gasteiger partial charge in [0.25, 0.3) is 0 Å². The van der Waals surface area contributed by atoms with Gasteiger partial charge in [-0.15, -0.1) is 11.3 Å². The third-order valence-corrected chi connectivity index (χ3v) is 4.51. The Hall–Kier alpha value is -2.40. The summed E-state index contributed by atoms with van der Waals surface area (Å²) in [7, 11) is 1.59. The molecule has 1 aromatic carbocycles. The first-order valence-electron chi connectivity index (χ1n) is 6.44. The van der Waals surface area contributed by atoms with E-state index in [0.29, 0.717) is 21.9 Å². The van der Waals surface area contributed by atoms with E-state index in [1.807, 2.05) is 13.0 Å². The number of ketones is 1. The van der Waals surface area contributed by atoms with Crippen molar-refractivity contribution in [2.45, 2.75) is 6.92 Å². The molecule has 0 unspecified atom stereocenters. The maximum Gasteiger partial charge on any atom is 0.205 e. The quantitative estimate of drug-likeness (QED) is 0.752. The van der Waals surface area contributed by atoms with E-state index in [1.54, 1.807) is 37.6 Å². The molecule has 0 saturated carbocycles. The van der Waals surface area contributed by atoms with Gasteiger partial charge in [-0.3, -0.25) is 4.79 Å². The molecule has 0 fully saturated rings. The molecule has 0 aliphatic heterocycles. The van der Waals surface area contributed by atoms with E-state index < -0.39 is 0 Å². The van der Waals surface area contributed by atoms with E-state index >= 15 is 0 Å². The Labute approximate surface area is 126 Å². The highest BCUT2D eigenvalue weighted by Crippen LogP contribution is 2.35. The molecule has 2 N–H and O–H groups in total. The molecule has 0 aliphatic carbocycles. The number of aromatic nitrogens is 1. The van der Waals surface area contributed by atoms with Crippen molar-refractivity contribution in [3.63, 3.8) is 0 Å². The summed E-state index contributed by atoms with van der Waals surface area (Å²) in [5, 5.41) is 0.874. The summed E-state index contributed by atoms with van der Waals surface area (Å²) in [6.45, 7) is 1.97. The zero-order valence-electron chi connectivity index (χ0n) is 11.7. The standard InChI is InChI=1S/C16H14N2O2S/c1-9-7-8-18-16-12(9)13(17)15(21-16)14(19)10-3-5-11(20-2)6-4-10/h3-8H,17H2,1-2H3. The van der Waals surface area contributed by atoms with Crippen LogP contribution < -0.4 is 10.5 Å². The van der Waals surface area contributed by atoms with Gasteiger partial charge < -0.3 is 10.5 Å². The molecule has 0 amide bonds. The number of rotatable bonds is 3. The molecule has 5 heteroatoms. The monoisotopic (exact) mass is 298 g/mol. The minimum absolute atomic E-state index is 0.0856. The van der Waals surface area contributed by atoms with Gasteiger partial charge in [-0.05, 0) is 42.8 Å². The lowest BCUT2D eigenvalue weighted by Crippen LogP contribution is -2.02. The lowest BCUT2D eigenvalue weighted by molar-refractivity contribution is 0.104. The largest absolute Gasteiger partial charge is 0.497 e. The minimum Gasteiger partial charge on any atom is -0.497 e. The average Bonchev–Trinajstić information content (AvgIpc) is 2.85. The van der Waals surface area contributed by atoms with Crippen molar-refractivity contribution in [2.75, 3.05) is 12.8 Å². The molecule has 0 saturated heterocycles. The number of hydrogen-bond donors (Lipinski definition) is 1. The van der Waals surface area contributed by atoms with Gasteiger partial charge in [0.15, 0.2) is 0 Å². The van der Waals surface area contributed by atoms with Crippen LogP contribution >= 0.6 is 11.3 Å². The number of carbonyl (C=O) groups excluding carboxylic acids is 1. The van der Waals surface area contributed by atoms with Gasteiger partial charge >= 0.3 is 0 Å². The topological polar surface area (TPSA) is 65.2 Å². The number of ether oxygens (including phenoxy) is 1. The maximum absolute atomic E-state index is 12.6. The number of aryl methyl sites for hydroxylation is 1. The highest BCUT2D eigenvalue weighted by molar-refractivity contribution is 7.21. The Kier molecular flexibility index (Phi) is 3.35. The van der Waals surface area contributed by atoms with Crippen molar-refractivity contribution in [3.05, 3.63) is 52.5 Å². The number of anilines is 1. The van der Waals surface area contributed by atoms with Crippen molar-refractivity contribution < 1.29 is 9.53 Å². The number of benzene rings is 1. The van der Waals surface area contributed by atoms with Crippen LogP contribution in [0, 0.1) is 6.92 Å². The highest BCUT2D eigenvalue weighted by atomic mass is 32.1. The van der Waals surface area contributed by atoms with Gasteiger partial charge in [-0.1, -0.05) is 0 Å². The zero-order chi connectivity index (χ0) is 15.0. The van der Waals surface area contributed by atoms with Crippen molar-refractivity contribution in [1.82, 2.24) is 4.98 Å². The van der Waals surface area contributed by atoms with E-state index in [-0.39, 0.29) is 5.78 Å². The highest BCUT2D eigenvalue weighted by Gasteiger charge is 2.19. The smallest absolute Gasteiger partial charge is 0.205 e. The van der Waals surface area contributed by atoms with Crippen molar-refractivity contribution >= 4 is 33.0 Å². The van der Waals surface area contributed by atoms with Crippen molar-refractivity contribution in [2.24, 2.45) is 0 Å². The average molecular weight is 298 g/mol. The predicted octanol–water partition coefficient (Wildman–Crippen LogP) is 3.43. The van der Waals surface area contributed by atoms with Crippen LogP contribution in [-0.4, -0.2) is 17.9 Å². The van der Waals surface area contributed by atoms with Gasteiger partial charge in [-0.2, -0.15) is 0 Å². The molecule has 3 rings (SSSR count). The van der Waals surface area contributed by atoms with Crippen LogP contribution in [-0.2, 0) is 0 Å². The first kappa shape index (κ1) is 13.6. The molecule has 0 spiro atoms. The number of fused-ring (bicyclic) bond motifs is 1. The predicted molar refractivity (Wildman–Crippen MR) is 85.2 cm³/mol. The summed E-state index contributed by atoms with van der Waals surface area (Å²) in [4.78, 5) is 18.2. The number of carbonyl (C=O) groups is 1. The fourth-order valence-electron chi connectivity index (χ4n) is 2.25. The number of thiophene rings is 1. The van der Waals surface area contributed by atoms with E-state index in [1.165, 1.54) is 11.3 Å². The number of hydrogen-bond acceptors (Lipinski definition) is 5. The Bertz CT molecular complexity index is 822. The van der Waals surface area contributed by atoms with Crippen LogP contribution in [0.5, 0.6) is 5.75 Å². The normalized spacial score (nSPS) is 10.8. The maximum atomic E-state index is 12.6. The molecule has 0 aliphatic rings. The van der Waals surface area contributed by atoms with E-state index in [9.17, 15) is 4.79 Å². The lowest BCUT2D eigenvalue weighted by Gasteiger charge is -2.02. The van der Waals surface area contributed by atoms with Gasteiger partial charge in [0.05, 0.1) is 12.8 Å². The summed E-state index contributed by atoms with van der Waals surface area (Å²) in [6, 6.07) is 8.91. The fourth-order valence-corrected chi connectivity index (χ4v) is 3.35. The molecular weight excluding hydrogens is 284 g/mol. The van der Waals surface area contributed by atoms with Crippen molar-refractivity contribution in [1.29, 1.82) is 0 Å². The Morgan fingerprint density at radius 2 is 1.95 bits per heavy atom. The zero-order valence-corrected chi connectivity index (χ0v) is 12.5. The number of nitrogen functional groups attached to an aromatic ring is 1. The molecule has 0 radical (unpaired) electrons. The van der Waals surface area contributed by atoms with E-state index in [2.05, 4.69) is 4.98 Å². The van der Waals surface area contributed by atoms with Crippen LogP contribution in [0.4, 0.5) is 5.69 Å². The SMILES string of the molecule is COc1ccc(C(=O)c2sc3nccc(C)c3c2N)cc1. The van der Waals surface area contributed by atoms with Gasteiger partial charge in [0.2, 0.25) is 5.78 Å². The molecule has 2 aromatic heterocycles. The number of pyridine rings is 1. The Morgan fingerprint density at radius 1 is 1.24 bits per heavy atom. The molecule has 2 heterocycles. The molecule has 0 bridgehead atoms. The number of nitrogens with zero attached hydrogens (tertiary/aromatic N) is 1. The molecule has 3 aromatic rings. The fraction of sp³-hybridized carbons (Fsp3) is 0.125. The van der Waals surface area contributed by atoms with E-state index in [0.717, 1.165) is 15.8 Å². The first-order chi connectivity index (χ1) is 10.1. The summed E-state index contributed by atoms with van der Waals surface area (Å²) in [6.07, 6.45) is 1.73. The second-order valence-electron chi connectivity index (χ2n) is 4.71. The van der Waals surface area contributed by atoms with Gasteiger partial charge in [0.1, 0.15) is 15.5 Å². The van der Waals surface area contributed by atoms with Crippen LogP contribution in [0.25, 0.3) is 10.2 Å². The molecular formula is C16H14N2O2S. The minimum atomic E-state index is -0.0856. The summed E-state index contributed by atoms with van der Waals surface area (Å²) < 4.78 is 5.10. The van der Waals surface area contributed by atoms with E-state index in [4.69, 9.17) is 10.5 Å². The number of methoxy groups -OCH3 is 1. The summed E-state index contributed by atoms with van der Waals surface area (Å²) in [5.41, 5.74) is 8.29. The molecule has 4 nitrogen and oxygen atoms in total. The molecule has 106 valence electrons. The lowest BCUT2D eigenvalue weighted by atomic mass is 10.1. The van der Waals surface area contributed by atoms with Crippen LogP contribution in [0.3, 0.4) is 0 Å².